The molecule has 18 heavy (non-hydrogen) atoms. The molecule has 0 amide bonds. The van der Waals surface area contributed by atoms with Crippen molar-refractivity contribution in [1.82, 2.24) is 4.90 Å². The quantitative estimate of drug-likeness (QED) is 0.828. The maximum Gasteiger partial charge on any atom is 0.0820 e. The summed E-state index contributed by atoms with van der Waals surface area (Å²) in [5, 5.41) is 10.2. The van der Waals surface area contributed by atoms with Crippen LogP contribution < -0.4 is 5.73 Å². The van der Waals surface area contributed by atoms with Gasteiger partial charge in [-0.3, -0.25) is 0 Å². The van der Waals surface area contributed by atoms with Crippen LogP contribution in [0.3, 0.4) is 0 Å². The smallest absolute Gasteiger partial charge is 0.0820 e. The topological polar surface area (TPSA) is 49.5 Å². The number of aliphatic hydroxyl groups excluding tert-OH is 1. The normalized spacial score (nSPS) is 20.6. The highest BCUT2D eigenvalue weighted by Gasteiger charge is 2.19. The second kappa shape index (κ2) is 6.88. The van der Waals surface area contributed by atoms with Crippen molar-refractivity contribution in [2.24, 2.45) is 5.73 Å². The second-order valence-corrected chi connectivity index (χ2v) is 5.28. The number of hydrogen-bond donors (Lipinski definition) is 2. The maximum absolute atomic E-state index is 10.2. The predicted molar refractivity (Wildman–Crippen MR) is 74.4 cm³/mol. The molecule has 3 nitrogen and oxygen atoms in total. The number of aliphatic hydroxyl groups is 1. The standard InChI is InChI=1S/C15H24N2O/c16-14(11-13-7-3-1-4-8-13)15(18)12-17-9-5-2-6-10-17/h1,3-4,7-8,14-15,18H,2,5-6,9-12,16H2/t14-,15+/m1/s1. The Morgan fingerprint density at radius 3 is 2.44 bits per heavy atom. The van der Waals surface area contributed by atoms with Crippen LogP contribution in [-0.2, 0) is 6.42 Å². The van der Waals surface area contributed by atoms with E-state index in [0.29, 0.717) is 6.54 Å². The lowest BCUT2D eigenvalue weighted by Gasteiger charge is -2.30. The van der Waals surface area contributed by atoms with Gasteiger partial charge >= 0.3 is 0 Å². The molecule has 0 aromatic heterocycles. The Hall–Kier alpha value is -0.900. The van der Waals surface area contributed by atoms with Crippen molar-refractivity contribution in [1.29, 1.82) is 0 Å². The third-order valence-electron chi connectivity index (χ3n) is 3.70. The van der Waals surface area contributed by atoms with Crippen molar-refractivity contribution >= 4 is 0 Å². The molecule has 0 aliphatic carbocycles. The zero-order valence-electron chi connectivity index (χ0n) is 11.0. The minimum atomic E-state index is -0.427. The van der Waals surface area contributed by atoms with E-state index in [4.69, 9.17) is 5.73 Å². The van der Waals surface area contributed by atoms with E-state index < -0.39 is 6.10 Å². The van der Waals surface area contributed by atoms with Crippen LogP contribution in [0.1, 0.15) is 24.8 Å². The molecule has 0 radical (unpaired) electrons. The Morgan fingerprint density at radius 1 is 1.11 bits per heavy atom. The summed E-state index contributed by atoms with van der Waals surface area (Å²) in [6, 6.07) is 9.98. The number of nitrogens with zero attached hydrogens (tertiary/aromatic N) is 1. The summed E-state index contributed by atoms with van der Waals surface area (Å²) in [6.07, 6.45) is 4.14. The molecule has 1 aliphatic rings. The molecule has 0 spiro atoms. The first-order chi connectivity index (χ1) is 8.75. The molecule has 3 heteroatoms. The monoisotopic (exact) mass is 248 g/mol. The molecule has 0 saturated carbocycles. The molecule has 1 fully saturated rings. The largest absolute Gasteiger partial charge is 0.390 e. The van der Waals surface area contributed by atoms with Gasteiger partial charge in [-0.15, -0.1) is 0 Å². The Bertz CT molecular complexity index is 336. The predicted octanol–water partition coefficient (Wildman–Crippen LogP) is 1.40. The summed E-state index contributed by atoms with van der Waals surface area (Å²) in [4.78, 5) is 2.33. The highest BCUT2D eigenvalue weighted by atomic mass is 16.3. The molecule has 1 saturated heterocycles. The van der Waals surface area contributed by atoms with E-state index in [2.05, 4.69) is 17.0 Å². The van der Waals surface area contributed by atoms with Gasteiger partial charge in [-0.1, -0.05) is 36.8 Å². The first-order valence-corrected chi connectivity index (χ1v) is 6.95. The third-order valence-corrected chi connectivity index (χ3v) is 3.70. The van der Waals surface area contributed by atoms with Gasteiger partial charge < -0.3 is 15.7 Å². The van der Waals surface area contributed by atoms with E-state index in [1.54, 1.807) is 0 Å². The summed E-state index contributed by atoms with van der Waals surface area (Å²) in [6.45, 7) is 2.93. The van der Waals surface area contributed by atoms with Gasteiger partial charge in [-0.25, -0.2) is 0 Å². The Balaban J connectivity index is 1.79. The fourth-order valence-corrected chi connectivity index (χ4v) is 2.56. The zero-order chi connectivity index (χ0) is 12.8. The molecule has 1 aromatic carbocycles. The van der Waals surface area contributed by atoms with E-state index >= 15 is 0 Å². The van der Waals surface area contributed by atoms with Gasteiger partial charge in [0.15, 0.2) is 0 Å². The second-order valence-electron chi connectivity index (χ2n) is 5.28. The third kappa shape index (κ3) is 4.09. The van der Waals surface area contributed by atoms with Gasteiger partial charge in [0.05, 0.1) is 6.10 Å². The molecule has 3 N–H and O–H groups in total. The summed E-state index contributed by atoms with van der Waals surface area (Å²) >= 11 is 0. The van der Waals surface area contributed by atoms with E-state index in [-0.39, 0.29) is 6.04 Å². The molecular weight excluding hydrogens is 224 g/mol. The Kier molecular flexibility index (Phi) is 5.17. The molecule has 1 aliphatic heterocycles. The van der Waals surface area contributed by atoms with Gasteiger partial charge in [-0.2, -0.15) is 0 Å². The molecule has 1 aromatic rings. The number of likely N-dealkylation sites (tertiary alicyclic amines) is 1. The molecule has 100 valence electrons. The highest BCUT2D eigenvalue weighted by Crippen LogP contribution is 2.11. The first kappa shape index (κ1) is 13.5. The van der Waals surface area contributed by atoms with Crippen LogP contribution >= 0.6 is 0 Å². The van der Waals surface area contributed by atoms with Crippen molar-refractivity contribution in [3.63, 3.8) is 0 Å². The maximum atomic E-state index is 10.2. The summed E-state index contributed by atoms with van der Waals surface area (Å²) in [5.41, 5.74) is 7.29. The summed E-state index contributed by atoms with van der Waals surface area (Å²) in [5.74, 6) is 0. The van der Waals surface area contributed by atoms with Gasteiger partial charge in [0.25, 0.3) is 0 Å². The lowest BCUT2D eigenvalue weighted by atomic mass is 10.0. The lowest BCUT2D eigenvalue weighted by molar-refractivity contribution is 0.0818. The van der Waals surface area contributed by atoms with Crippen molar-refractivity contribution in [2.45, 2.75) is 37.8 Å². The molecule has 2 atom stereocenters. The van der Waals surface area contributed by atoms with Crippen LogP contribution in [0.2, 0.25) is 0 Å². The zero-order valence-corrected chi connectivity index (χ0v) is 11.0. The van der Waals surface area contributed by atoms with E-state index in [0.717, 1.165) is 19.5 Å². The van der Waals surface area contributed by atoms with Crippen molar-refractivity contribution < 1.29 is 5.11 Å². The van der Waals surface area contributed by atoms with Crippen molar-refractivity contribution in [2.75, 3.05) is 19.6 Å². The SMILES string of the molecule is N[C@H](Cc1ccccc1)[C@@H](O)CN1CCCCC1. The molecule has 0 bridgehead atoms. The number of β-amino-alcohol motifs (C(OH)–C–C–N with tert-alkyl or cyclic N) is 1. The van der Waals surface area contributed by atoms with E-state index in [1.165, 1.54) is 24.8 Å². The van der Waals surface area contributed by atoms with Crippen molar-refractivity contribution in [3.8, 4) is 0 Å². The fraction of sp³-hybridized carbons (Fsp3) is 0.600. The average molecular weight is 248 g/mol. The Morgan fingerprint density at radius 2 is 1.78 bits per heavy atom. The van der Waals surface area contributed by atoms with Crippen LogP contribution in [0, 0.1) is 0 Å². The van der Waals surface area contributed by atoms with Gasteiger partial charge in [-0.05, 0) is 37.9 Å². The number of benzene rings is 1. The van der Waals surface area contributed by atoms with Crippen molar-refractivity contribution in [3.05, 3.63) is 35.9 Å². The summed E-state index contributed by atoms with van der Waals surface area (Å²) < 4.78 is 0. The minimum absolute atomic E-state index is 0.172. The number of piperidine rings is 1. The van der Waals surface area contributed by atoms with E-state index in [9.17, 15) is 5.11 Å². The Labute approximate surface area is 110 Å². The lowest BCUT2D eigenvalue weighted by Crippen LogP contribution is -2.46. The number of nitrogens with two attached hydrogens (primary N) is 1. The molecule has 2 rings (SSSR count). The number of rotatable bonds is 5. The molecule has 0 unspecified atom stereocenters. The first-order valence-electron chi connectivity index (χ1n) is 6.95. The minimum Gasteiger partial charge on any atom is -0.390 e. The summed E-state index contributed by atoms with van der Waals surface area (Å²) in [7, 11) is 0. The van der Waals surface area contributed by atoms with Crippen LogP contribution in [0.25, 0.3) is 0 Å². The van der Waals surface area contributed by atoms with Crippen LogP contribution in [-0.4, -0.2) is 41.8 Å². The fourth-order valence-electron chi connectivity index (χ4n) is 2.56. The highest BCUT2D eigenvalue weighted by molar-refractivity contribution is 5.16. The van der Waals surface area contributed by atoms with Gasteiger partial charge in [0.1, 0.15) is 0 Å². The average Bonchev–Trinajstić information content (AvgIpc) is 2.41. The van der Waals surface area contributed by atoms with Crippen LogP contribution in [0.5, 0.6) is 0 Å². The van der Waals surface area contributed by atoms with Crippen LogP contribution in [0.15, 0.2) is 30.3 Å². The number of hydrogen-bond acceptors (Lipinski definition) is 3. The van der Waals surface area contributed by atoms with Gasteiger partial charge in [0.2, 0.25) is 0 Å². The van der Waals surface area contributed by atoms with Crippen LogP contribution in [0.4, 0.5) is 0 Å². The van der Waals surface area contributed by atoms with E-state index in [1.807, 2.05) is 18.2 Å². The van der Waals surface area contributed by atoms with Gasteiger partial charge in [0, 0.05) is 12.6 Å². The molecule has 1 heterocycles. The molecular formula is C15H24N2O.